The third-order valence-corrected chi connectivity index (χ3v) is 11.3. The van der Waals surface area contributed by atoms with Crippen LogP contribution in [-0.4, -0.2) is 75.0 Å². The van der Waals surface area contributed by atoms with Gasteiger partial charge in [0.05, 0.1) is 27.3 Å². The van der Waals surface area contributed by atoms with Gasteiger partial charge >= 0.3 is 5.97 Å². The number of benzene rings is 1. The van der Waals surface area contributed by atoms with Gasteiger partial charge in [-0.15, -0.1) is 18.3 Å². The van der Waals surface area contributed by atoms with Crippen LogP contribution < -0.4 is 4.90 Å². The topological polar surface area (TPSA) is 87.1 Å². The normalized spacial score (nSPS) is 29.3. The number of fused-ring (bicyclic) bond motifs is 1. The molecule has 7 nitrogen and oxygen atoms in total. The Labute approximate surface area is 241 Å². The fourth-order valence-electron chi connectivity index (χ4n) is 6.26. The lowest BCUT2D eigenvalue weighted by Gasteiger charge is -2.38. The standard InChI is InChI=1S/C28H34BrClN2O5S/c1-4-12-31(22-17(3)10-9-11-19(22)30)26(35)24-28-16-18(29)23(38-28)20(27(36)37-15-5-2)21(28)25(34)32(24)13-7-6-8-14-33/h4-5,9-11,18,20-21,23-24,33H,1-2,6-8,12-16H2,3H3/t18?,20-,21-,23-,24?,28?/m0/s1. The van der Waals surface area contributed by atoms with E-state index in [0.717, 1.165) is 12.0 Å². The molecule has 1 aromatic rings. The number of aliphatic hydroxyl groups is 1. The Morgan fingerprint density at radius 1 is 1.32 bits per heavy atom. The minimum Gasteiger partial charge on any atom is -0.461 e. The van der Waals surface area contributed by atoms with Crippen LogP contribution in [0.5, 0.6) is 0 Å². The van der Waals surface area contributed by atoms with Crippen LogP contribution in [0.25, 0.3) is 0 Å². The van der Waals surface area contributed by atoms with Crippen LogP contribution in [0.4, 0.5) is 5.69 Å². The maximum atomic E-state index is 14.6. The average molecular weight is 626 g/mol. The van der Waals surface area contributed by atoms with Crippen LogP contribution >= 0.6 is 39.3 Å². The number of rotatable bonds is 12. The third kappa shape index (κ3) is 4.95. The van der Waals surface area contributed by atoms with E-state index in [1.807, 2.05) is 19.1 Å². The van der Waals surface area contributed by atoms with Crippen molar-refractivity contribution < 1.29 is 24.2 Å². The Morgan fingerprint density at radius 2 is 2.08 bits per heavy atom. The fourth-order valence-corrected chi connectivity index (χ4v) is 10.2. The number of ether oxygens (including phenoxy) is 1. The molecule has 2 bridgehead atoms. The molecule has 0 saturated carbocycles. The number of amides is 2. The second-order valence-electron chi connectivity index (χ2n) is 10.0. The number of alkyl halides is 1. The molecule has 0 aliphatic carbocycles. The van der Waals surface area contributed by atoms with Crippen molar-refractivity contribution in [1.82, 2.24) is 4.90 Å². The predicted octanol–water partition coefficient (Wildman–Crippen LogP) is 4.52. The number of thioether (sulfide) groups is 1. The van der Waals surface area contributed by atoms with Crippen LogP contribution in [0.3, 0.4) is 0 Å². The number of para-hydroxylation sites is 1. The summed E-state index contributed by atoms with van der Waals surface area (Å²) in [6.07, 6.45) is 5.73. The molecule has 1 spiro atoms. The summed E-state index contributed by atoms with van der Waals surface area (Å²) >= 11 is 11.9. The lowest BCUT2D eigenvalue weighted by atomic mass is 9.71. The summed E-state index contributed by atoms with van der Waals surface area (Å²) in [6, 6.07) is 4.70. The van der Waals surface area contributed by atoms with Crippen LogP contribution in [0, 0.1) is 18.8 Å². The first kappa shape index (κ1) is 29.2. The van der Waals surface area contributed by atoms with E-state index in [2.05, 4.69) is 29.1 Å². The lowest BCUT2D eigenvalue weighted by Crippen LogP contribution is -2.55. The first-order valence-electron chi connectivity index (χ1n) is 12.9. The number of likely N-dealkylation sites (tertiary alicyclic amines) is 1. The highest BCUT2D eigenvalue weighted by atomic mass is 79.9. The molecule has 4 rings (SSSR count). The fraction of sp³-hybridized carbons (Fsp3) is 0.536. The highest BCUT2D eigenvalue weighted by Crippen LogP contribution is 2.68. The van der Waals surface area contributed by atoms with Gasteiger partial charge in [-0.1, -0.05) is 58.4 Å². The maximum absolute atomic E-state index is 14.6. The first-order valence-corrected chi connectivity index (χ1v) is 15.1. The summed E-state index contributed by atoms with van der Waals surface area (Å²) in [4.78, 5) is 45.2. The van der Waals surface area contributed by atoms with Crippen molar-refractivity contribution in [3.05, 3.63) is 54.1 Å². The Kier molecular flexibility index (Phi) is 9.33. The van der Waals surface area contributed by atoms with Gasteiger partial charge in [-0.2, -0.15) is 0 Å². The molecule has 0 radical (unpaired) electrons. The first-order chi connectivity index (χ1) is 18.2. The summed E-state index contributed by atoms with van der Waals surface area (Å²) in [7, 11) is 0. The number of esters is 1. The van der Waals surface area contributed by atoms with Gasteiger partial charge in [-0.3, -0.25) is 14.4 Å². The zero-order valence-corrected chi connectivity index (χ0v) is 24.6. The minimum atomic E-state index is -0.781. The molecular weight excluding hydrogens is 592 g/mol. The molecule has 206 valence electrons. The number of nitrogens with zero attached hydrogens (tertiary/aromatic N) is 2. The Morgan fingerprint density at radius 3 is 2.74 bits per heavy atom. The van der Waals surface area contributed by atoms with Crippen LogP contribution in [-0.2, 0) is 19.1 Å². The number of anilines is 1. The van der Waals surface area contributed by atoms with E-state index < -0.39 is 28.6 Å². The molecule has 6 atom stereocenters. The molecule has 0 aromatic heterocycles. The second kappa shape index (κ2) is 12.1. The van der Waals surface area contributed by atoms with Crippen molar-refractivity contribution in [3.8, 4) is 0 Å². The molecular formula is C28H34BrClN2O5S. The smallest absolute Gasteiger partial charge is 0.311 e. The molecule has 1 aromatic carbocycles. The lowest BCUT2D eigenvalue weighted by molar-refractivity contribution is -0.153. The van der Waals surface area contributed by atoms with Crippen LogP contribution in [0.2, 0.25) is 5.02 Å². The van der Waals surface area contributed by atoms with Gasteiger partial charge in [0.25, 0.3) is 5.91 Å². The van der Waals surface area contributed by atoms with Crippen molar-refractivity contribution in [2.45, 2.75) is 53.5 Å². The SMILES string of the molecule is C=CCOC(=O)[C@H]1[C@H]2C(=O)N(CCCCCO)C(C(=O)N(CC=C)c3c(C)cccc3Cl)C23CC(Br)[C@@H]1S3. The van der Waals surface area contributed by atoms with Crippen LogP contribution in [0.1, 0.15) is 31.2 Å². The van der Waals surface area contributed by atoms with Gasteiger partial charge in [-0.05, 0) is 44.2 Å². The highest BCUT2D eigenvalue weighted by Gasteiger charge is 2.76. The number of hydrogen-bond acceptors (Lipinski definition) is 6. The van der Waals surface area contributed by atoms with E-state index in [1.165, 1.54) is 6.08 Å². The number of halogens is 2. The summed E-state index contributed by atoms with van der Waals surface area (Å²) in [6.45, 7) is 10.1. The molecule has 3 saturated heterocycles. The molecule has 3 aliphatic rings. The Hall–Kier alpha value is -1.81. The van der Waals surface area contributed by atoms with Gasteiger partial charge in [0, 0.05) is 29.8 Å². The van der Waals surface area contributed by atoms with Crippen LogP contribution in [0.15, 0.2) is 43.5 Å². The average Bonchev–Trinajstić information content (AvgIpc) is 3.47. The van der Waals surface area contributed by atoms with Crippen molar-refractivity contribution >= 4 is 62.8 Å². The number of hydrogen-bond donors (Lipinski definition) is 1. The monoisotopic (exact) mass is 624 g/mol. The Bertz CT molecular complexity index is 1100. The summed E-state index contributed by atoms with van der Waals surface area (Å²) in [5.41, 5.74) is 1.44. The van der Waals surface area contributed by atoms with Gasteiger partial charge in [0.1, 0.15) is 12.6 Å². The zero-order valence-electron chi connectivity index (χ0n) is 21.5. The van der Waals surface area contributed by atoms with Crippen molar-refractivity contribution in [2.75, 3.05) is 31.2 Å². The molecule has 3 fully saturated rings. The summed E-state index contributed by atoms with van der Waals surface area (Å²) < 4.78 is 4.66. The van der Waals surface area contributed by atoms with E-state index in [9.17, 15) is 19.5 Å². The maximum Gasteiger partial charge on any atom is 0.311 e. The number of aryl methyl sites for hydroxylation is 1. The second-order valence-corrected chi connectivity index (χ2v) is 13.2. The number of carbonyl (C=O) groups is 3. The van der Waals surface area contributed by atoms with Gasteiger partial charge < -0.3 is 19.6 Å². The molecule has 38 heavy (non-hydrogen) atoms. The minimum absolute atomic E-state index is 0.0441. The van der Waals surface area contributed by atoms with Gasteiger partial charge in [0.2, 0.25) is 5.91 Å². The van der Waals surface area contributed by atoms with E-state index in [0.29, 0.717) is 36.5 Å². The number of aliphatic hydroxyl groups excluding tert-OH is 1. The molecule has 2 amide bonds. The van der Waals surface area contributed by atoms with Gasteiger partial charge in [-0.25, -0.2) is 0 Å². The Balaban J connectivity index is 1.78. The molecule has 1 N–H and O–H groups in total. The summed E-state index contributed by atoms with van der Waals surface area (Å²) in [5, 5.41) is 9.51. The largest absolute Gasteiger partial charge is 0.461 e. The van der Waals surface area contributed by atoms with E-state index >= 15 is 0 Å². The number of unbranched alkanes of at least 4 members (excludes halogenated alkanes) is 2. The van der Waals surface area contributed by atoms with Crippen molar-refractivity contribution in [1.29, 1.82) is 0 Å². The predicted molar refractivity (Wildman–Crippen MR) is 155 cm³/mol. The quantitative estimate of drug-likeness (QED) is 0.159. The highest BCUT2D eigenvalue weighted by molar-refractivity contribution is 9.09. The van der Waals surface area contributed by atoms with Crippen molar-refractivity contribution in [2.24, 2.45) is 11.8 Å². The van der Waals surface area contributed by atoms with Gasteiger partial charge in [0.15, 0.2) is 0 Å². The third-order valence-electron chi connectivity index (χ3n) is 7.73. The van der Waals surface area contributed by atoms with E-state index in [-0.39, 0.29) is 41.6 Å². The van der Waals surface area contributed by atoms with E-state index in [4.69, 9.17) is 16.3 Å². The summed E-state index contributed by atoms with van der Waals surface area (Å²) in [5.74, 6) is -2.15. The molecule has 3 heterocycles. The van der Waals surface area contributed by atoms with E-state index in [1.54, 1.807) is 33.7 Å². The van der Waals surface area contributed by atoms with Crippen molar-refractivity contribution in [3.63, 3.8) is 0 Å². The molecule has 10 heteroatoms. The molecule has 3 unspecified atom stereocenters. The zero-order chi connectivity index (χ0) is 27.6. The number of carbonyl (C=O) groups excluding carboxylic acids is 3. The molecule has 3 aliphatic heterocycles.